The molecule has 0 aliphatic rings. The Morgan fingerprint density at radius 2 is 2.12 bits per heavy atom. The molecule has 17 heavy (non-hydrogen) atoms. The highest BCUT2D eigenvalue weighted by atomic mass is 16.5. The number of nitrogens with zero attached hydrogens (tertiary/aromatic N) is 1. The Hall–Kier alpha value is -1.55. The molecule has 1 aromatic rings. The van der Waals surface area contributed by atoms with Crippen LogP contribution in [0.15, 0.2) is 24.3 Å². The molecule has 0 bridgehead atoms. The van der Waals surface area contributed by atoms with Gasteiger partial charge in [-0.1, -0.05) is 12.1 Å². The van der Waals surface area contributed by atoms with E-state index in [2.05, 4.69) is 0 Å². The molecule has 0 aliphatic carbocycles. The van der Waals surface area contributed by atoms with Gasteiger partial charge in [0, 0.05) is 13.6 Å². The van der Waals surface area contributed by atoms with Crippen molar-refractivity contribution in [2.75, 3.05) is 20.2 Å². The molecule has 4 heteroatoms. The zero-order chi connectivity index (χ0) is 12.8. The molecule has 1 amide bonds. The monoisotopic (exact) mass is 237 g/mol. The molecule has 1 atom stereocenters. The fourth-order valence-corrected chi connectivity index (χ4v) is 1.61. The van der Waals surface area contributed by atoms with Gasteiger partial charge in [0.15, 0.2) is 0 Å². The summed E-state index contributed by atoms with van der Waals surface area (Å²) in [5.74, 6) is 0.437. The highest BCUT2D eigenvalue weighted by Crippen LogP contribution is 2.19. The van der Waals surface area contributed by atoms with Crippen molar-refractivity contribution in [3.8, 4) is 5.75 Å². The third-order valence-electron chi connectivity index (χ3n) is 2.30. The van der Waals surface area contributed by atoms with Gasteiger partial charge in [-0.05, 0) is 26.0 Å². The van der Waals surface area contributed by atoms with Crippen LogP contribution in [0.2, 0.25) is 0 Å². The number of likely N-dealkylation sites (N-methyl/N-ethyl adjacent to an activating group) is 1. The minimum atomic E-state index is -0.539. The molecule has 4 nitrogen and oxygen atoms in total. The Bertz CT molecular complexity index is 377. The molecular formula is C13H19NO3. The number of carbonyl (C=O) groups is 1. The van der Waals surface area contributed by atoms with Crippen molar-refractivity contribution in [2.24, 2.45) is 0 Å². The summed E-state index contributed by atoms with van der Waals surface area (Å²) in [5.41, 5.74) is 0.525. The lowest BCUT2D eigenvalue weighted by Gasteiger charge is -2.20. The summed E-state index contributed by atoms with van der Waals surface area (Å²) in [4.78, 5) is 13.6. The lowest BCUT2D eigenvalue weighted by molar-refractivity contribution is 0.0699. The number of rotatable bonds is 5. The molecule has 0 fully saturated rings. The topological polar surface area (TPSA) is 49.8 Å². The van der Waals surface area contributed by atoms with E-state index in [1.165, 1.54) is 4.90 Å². The molecule has 0 heterocycles. The van der Waals surface area contributed by atoms with E-state index in [9.17, 15) is 9.90 Å². The van der Waals surface area contributed by atoms with Crippen molar-refractivity contribution in [3.05, 3.63) is 29.8 Å². The number of aliphatic hydroxyl groups excluding tert-OH is 1. The highest BCUT2D eigenvalue weighted by Gasteiger charge is 2.17. The van der Waals surface area contributed by atoms with Crippen LogP contribution >= 0.6 is 0 Å². The van der Waals surface area contributed by atoms with E-state index in [1.807, 2.05) is 13.0 Å². The van der Waals surface area contributed by atoms with E-state index in [0.717, 1.165) is 0 Å². The van der Waals surface area contributed by atoms with Gasteiger partial charge in [-0.25, -0.2) is 0 Å². The van der Waals surface area contributed by atoms with Crippen molar-refractivity contribution >= 4 is 5.91 Å². The third-order valence-corrected chi connectivity index (χ3v) is 2.30. The molecule has 0 saturated heterocycles. The molecule has 0 spiro atoms. The predicted octanol–water partition coefficient (Wildman–Crippen LogP) is 1.54. The van der Waals surface area contributed by atoms with Crippen LogP contribution in [0, 0.1) is 0 Å². The summed E-state index contributed by atoms with van der Waals surface area (Å²) < 4.78 is 5.40. The Balaban J connectivity index is 2.87. The maximum Gasteiger partial charge on any atom is 0.257 e. The molecule has 1 N–H and O–H groups in total. The Labute approximate surface area is 102 Å². The first-order valence-corrected chi connectivity index (χ1v) is 5.71. The van der Waals surface area contributed by atoms with Crippen molar-refractivity contribution in [2.45, 2.75) is 20.0 Å². The summed E-state index contributed by atoms with van der Waals surface area (Å²) in [6.45, 7) is 4.35. The van der Waals surface area contributed by atoms with Gasteiger partial charge < -0.3 is 14.7 Å². The molecule has 0 aliphatic heterocycles. The van der Waals surface area contributed by atoms with Gasteiger partial charge in [0.25, 0.3) is 5.91 Å². The zero-order valence-electron chi connectivity index (χ0n) is 10.5. The number of aliphatic hydroxyl groups is 1. The van der Waals surface area contributed by atoms with E-state index in [0.29, 0.717) is 24.5 Å². The van der Waals surface area contributed by atoms with Crippen LogP contribution < -0.4 is 4.74 Å². The number of ether oxygens (including phenoxy) is 1. The Morgan fingerprint density at radius 3 is 2.71 bits per heavy atom. The Kier molecular flexibility index (Phi) is 4.97. The van der Waals surface area contributed by atoms with Crippen LogP contribution in [-0.2, 0) is 0 Å². The lowest BCUT2D eigenvalue weighted by Crippen LogP contribution is -2.33. The average molecular weight is 237 g/mol. The number of carbonyl (C=O) groups excluding carboxylic acids is 1. The zero-order valence-corrected chi connectivity index (χ0v) is 10.5. The fourth-order valence-electron chi connectivity index (χ4n) is 1.61. The smallest absolute Gasteiger partial charge is 0.257 e. The summed E-state index contributed by atoms with van der Waals surface area (Å²) in [6, 6.07) is 7.13. The third kappa shape index (κ3) is 3.75. The minimum Gasteiger partial charge on any atom is -0.493 e. The van der Waals surface area contributed by atoms with Gasteiger partial charge in [0.1, 0.15) is 5.75 Å². The predicted molar refractivity (Wildman–Crippen MR) is 66.3 cm³/mol. The van der Waals surface area contributed by atoms with E-state index in [4.69, 9.17) is 4.74 Å². The number of amides is 1. The van der Waals surface area contributed by atoms with Gasteiger partial charge >= 0.3 is 0 Å². The molecule has 1 rings (SSSR count). The average Bonchev–Trinajstić information content (AvgIpc) is 2.28. The number of para-hydroxylation sites is 1. The molecule has 1 unspecified atom stereocenters. The van der Waals surface area contributed by atoms with Gasteiger partial charge in [-0.3, -0.25) is 4.79 Å². The van der Waals surface area contributed by atoms with Gasteiger partial charge in [-0.2, -0.15) is 0 Å². The number of hydrogen-bond acceptors (Lipinski definition) is 3. The number of hydrogen-bond donors (Lipinski definition) is 1. The second-order valence-corrected chi connectivity index (χ2v) is 3.96. The largest absolute Gasteiger partial charge is 0.493 e. The summed E-state index contributed by atoms with van der Waals surface area (Å²) >= 11 is 0. The second-order valence-electron chi connectivity index (χ2n) is 3.96. The summed E-state index contributed by atoms with van der Waals surface area (Å²) in [6.07, 6.45) is -0.539. The maximum absolute atomic E-state index is 12.1. The first-order valence-electron chi connectivity index (χ1n) is 5.71. The van der Waals surface area contributed by atoms with Crippen LogP contribution in [-0.4, -0.2) is 42.2 Å². The van der Waals surface area contributed by atoms with Gasteiger partial charge in [0.05, 0.1) is 18.3 Å². The van der Waals surface area contributed by atoms with E-state index < -0.39 is 6.10 Å². The van der Waals surface area contributed by atoms with Gasteiger partial charge in [-0.15, -0.1) is 0 Å². The van der Waals surface area contributed by atoms with Crippen molar-refractivity contribution < 1.29 is 14.6 Å². The molecule has 1 aromatic carbocycles. The van der Waals surface area contributed by atoms with Crippen LogP contribution in [0.4, 0.5) is 0 Å². The van der Waals surface area contributed by atoms with Crippen LogP contribution in [0.3, 0.4) is 0 Å². The second kappa shape index (κ2) is 6.25. The molecular weight excluding hydrogens is 218 g/mol. The van der Waals surface area contributed by atoms with E-state index in [-0.39, 0.29) is 5.91 Å². The molecule has 0 aromatic heterocycles. The Morgan fingerprint density at radius 1 is 1.47 bits per heavy atom. The quantitative estimate of drug-likeness (QED) is 0.845. The van der Waals surface area contributed by atoms with Gasteiger partial charge in [0.2, 0.25) is 0 Å². The maximum atomic E-state index is 12.1. The van der Waals surface area contributed by atoms with E-state index in [1.54, 1.807) is 32.2 Å². The van der Waals surface area contributed by atoms with Crippen LogP contribution in [0.25, 0.3) is 0 Å². The van der Waals surface area contributed by atoms with Crippen LogP contribution in [0.5, 0.6) is 5.75 Å². The fraction of sp³-hybridized carbons (Fsp3) is 0.462. The van der Waals surface area contributed by atoms with Crippen LogP contribution in [0.1, 0.15) is 24.2 Å². The summed E-state index contributed by atoms with van der Waals surface area (Å²) in [7, 11) is 1.66. The highest BCUT2D eigenvalue weighted by molar-refractivity contribution is 5.96. The minimum absolute atomic E-state index is 0.144. The molecule has 94 valence electrons. The number of benzene rings is 1. The first kappa shape index (κ1) is 13.5. The molecule has 0 radical (unpaired) electrons. The first-order chi connectivity index (χ1) is 8.06. The molecule has 0 saturated carbocycles. The van der Waals surface area contributed by atoms with Crippen molar-refractivity contribution in [1.82, 2.24) is 4.90 Å². The summed E-state index contributed by atoms with van der Waals surface area (Å²) in [5, 5.41) is 9.27. The van der Waals surface area contributed by atoms with E-state index >= 15 is 0 Å². The lowest BCUT2D eigenvalue weighted by atomic mass is 10.1. The van der Waals surface area contributed by atoms with Crippen molar-refractivity contribution in [3.63, 3.8) is 0 Å². The van der Waals surface area contributed by atoms with Crippen molar-refractivity contribution in [1.29, 1.82) is 0 Å². The normalized spacial score (nSPS) is 12.0. The SMILES string of the molecule is CCOc1ccccc1C(=O)N(C)CC(C)O. The standard InChI is InChI=1S/C13H19NO3/c1-4-17-12-8-6-5-7-11(12)13(16)14(3)9-10(2)15/h5-8,10,15H,4,9H2,1-3H3.